The molecule has 1 spiro atoms. The average molecular weight is 405 g/mol. The molecule has 0 aromatic heterocycles. The summed E-state index contributed by atoms with van der Waals surface area (Å²) in [5, 5.41) is 20.2. The van der Waals surface area contributed by atoms with E-state index in [1.807, 2.05) is 0 Å². The van der Waals surface area contributed by atoms with Gasteiger partial charge in [0.05, 0.1) is 16.8 Å². The van der Waals surface area contributed by atoms with Crippen molar-refractivity contribution in [3.63, 3.8) is 0 Å². The number of hydrogen-bond acceptors (Lipinski definition) is 7. The van der Waals surface area contributed by atoms with Gasteiger partial charge in [0.25, 0.3) is 0 Å². The lowest BCUT2D eigenvalue weighted by Crippen LogP contribution is -2.38. The van der Waals surface area contributed by atoms with Crippen LogP contribution < -0.4 is 21.3 Å². The number of phenolic OH excluding ortho intramolecular Hbond substituents is 2. The Morgan fingerprint density at radius 3 is 2.53 bits per heavy atom. The molecule has 5 rings (SSSR count). The van der Waals surface area contributed by atoms with Gasteiger partial charge in [-0.3, -0.25) is 10.9 Å². The molecule has 0 saturated carbocycles. The fourth-order valence-corrected chi connectivity index (χ4v) is 4.01. The van der Waals surface area contributed by atoms with E-state index in [1.54, 1.807) is 30.3 Å². The number of rotatable bonds is 2. The second-order valence-corrected chi connectivity index (χ2v) is 6.88. The second-order valence-electron chi connectivity index (χ2n) is 6.88. The normalized spacial score (nSPS) is 17.9. The van der Waals surface area contributed by atoms with Crippen molar-refractivity contribution in [3.8, 4) is 23.0 Å². The van der Waals surface area contributed by atoms with Gasteiger partial charge in [-0.05, 0) is 18.2 Å². The first kappa shape index (κ1) is 17.7. The molecule has 30 heavy (non-hydrogen) atoms. The minimum atomic E-state index is -1.44. The molecule has 2 amide bonds. The number of nitrogens with one attached hydrogen (secondary N) is 2. The summed E-state index contributed by atoms with van der Waals surface area (Å²) in [6.45, 7) is 0. The number of phenols is 2. The van der Waals surface area contributed by atoms with E-state index in [0.717, 1.165) is 0 Å². The van der Waals surface area contributed by atoms with Crippen LogP contribution in [0.25, 0.3) is 0 Å². The van der Waals surface area contributed by atoms with Crippen LogP contribution >= 0.6 is 0 Å². The Hall–Kier alpha value is -4.40. The molecule has 150 valence electrons. The van der Waals surface area contributed by atoms with E-state index in [4.69, 9.17) is 15.2 Å². The van der Waals surface area contributed by atoms with E-state index >= 15 is 0 Å². The molecular formula is C21H15N3O6. The number of benzene rings is 3. The molecule has 2 aliphatic heterocycles. The predicted molar refractivity (Wildman–Crippen MR) is 104 cm³/mol. The number of anilines is 1. The van der Waals surface area contributed by atoms with E-state index in [1.165, 1.54) is 24.3 Å². The van der Waals surface area contributed by atoms with Crippen molar-refractivity contribution in [2.45, 2.75) is 5.60 Å². The number of urea groups is 1. The van der Waals surface area contributed by atoms with Gasteiger partial charge in [-0.1, -0.05) is 18.2 Å². The molecule has 3 aromatic carbocycles. The van der Waals surface area contributed by atoms with Gasteiger partial charge in [0, 0.05) is 29.3 Å². The Morgan fingerprint density at radius 1 is 0.967 bits per heavy atom. The molecule has 2 heterocycles. The van der Waals surface area contributed by atoms with E-state index < -0.39 is 17.6 Å². The summed E-state index contributed by atoms with van der Waals surface area (Å²) in [5.41, 5.74) is 10.6. The van der Waals surface area contributed by atoms with Crippen molar-refractivity contribution in [1.82, 2.24) is 5.43 Å². The lowest BCUT2D eigenvalue weighted by molar-refractivity contribution is 0.0226. The number of primary amides is 1. The molecule has 6 N–H and O–H groups in total. The monoisotopic (exact) mass is 405 g/mol. The molecule has 9 nitrogen and oxygen atoms in total. The summed E-state index contributed by atoms with van der Waals surface area (Å²) in [7, 11) is 0. The minimum Gasteiger partial charge on any atom is -0.508 e. The van der Waals surface area contributed by atoms with Crippen molar-refractivity contribution in [1.29, 1.82) is 0 Å². The number of amides is 2. The number of ether oxygens (including phenoxy) is 2. The maximum absolute atomic E-state index is 12.8. The lowest BCUT2D eigenvalue weighted by Gasteiger charge is -2.37. The van der Waals surface area contributed by atoms with Gasteiger partial charge in [-0.25, -0.2) is 9.59 Å². The summed E-state index contributed by atoms with van der Waals surface area (Å²) in [6.07, 6.45) is 0. The van der Waals surface area contributed by atoms with E-state index in [2.05, 4.69) is 10.9 Å². The number of fused-ring (bicyclic) bond motifs is 6. The van der Waals surface area contributed by atoms with Crippen LogP contribution in [-0.2, 0) is 10.3 Å². The fourth-order valence-electron chi connectivity index (χ4n) is 4.01. The molecule has 3 aromatic rings. The molecule has 0 radical (unpaired) electrons. The van der Waals surface area contributed by atoms with Crippen molar-refractivity contribution >= 4 is 17.7 Å². The maximum atomic E-state index is 12.8. The molecule has 1 atom stereocenters. The SMILES string of the molecule is NC(=O)NNc1cc(O)cc2c1C1(OC(=O)c3ccccc31)c1ccc(O)cc1O2. The molecule has 0 fully saturated rings. The first-order chi connectivity index (χ1) is 14.4. The third kappa shape index (κ3) is 2.35. The largest absolute Gasteiger partial charge is 0.508 e. The number of carbonyl (C=O) groups excluding carboxylic acids is 2. The zero-order valence-corrected chi connectivity index (χ0v) is 15.3. The molecule has 0 bridgehead atoms. The first-order valence-electron chi connectivity index (χ1n) is 8.93. The Bertz CT molecular complexity index is 1240. The van der Waals surface area contributed by atoms with Crippen LogP contribution in [-0.4, -0.2) is 22.2 Å². The maximum Gasteiger partial charge on any atom is 0.340 e. The molecule has 0 aliphatic carbocycles. The summed E-state index contributed by atoms with van der Waals surface area (Å²) in [6, 6.07) is 13.2. The number of aromatic hydroxyl groups is 2. The van der Waals surface area contributed by atoms with Crippen LogP contribution in [0, 0.1) is 0 Å². The Labute approximate surface area is 169 Å². The van der Waals surface area contributed by atoms with Gasteiger partial charge >= 0.3 is 12.0 Å². The van der Waals surface area contributed by atoms with Crippen LogP contribution in [0.4, 0.5) is 10.5 Å². The zero-order valence-electron chi connectivity index (χ0n) is 15.3. The fraction of sp³-hybridized carbons (Fsp3) is 0.0476. The Kier molecular flexibility index (Phi) is 3.56. The Morgan fingerprint density at radius 2 is 1.73 bits per heavy atom. The van der Waals surface area contributed by atoms with Crippen LogP contribution in [0.15, 0.2) is 54.6 Å². The number of hydrazine groups is 1. The highest BCUT2D eigenvalue weighted by Crippen LogP contribution is 2.59. The Balaban J connectivity index is 1.86. The topological polar surface area (TPSA) is 143 Å². The highest BCUT2D eigenvalue weighted by Gasteiger charge is 2.55. The van der Waals surface area contributed by atoms with Crippen LogP contribution in [0.3, 0.4) is 0 Å². The number of hydrogen-bond donors (Lipinski definition) is 5. The molecular weight excluding hydrogens is 390 g/mol. The van der Waals surface area contributed by atoms with E-state index in [-0.39, 0.29) is 28.7 Å². The predicted octanol–water partition coefficient (Wildman–Crippen LogP) is 2.66. The van der Waals surface area contributed by atoms with Gasteiger partial charge in [-0.2, -0.15) is 0 Å². The van der Waals surface area contributed by atoms with Crippen LogP contribution in [0.5, 0.6) is 23.0 Å². The van der Waals surface area contributed by atoms with E-state index in [9.17, 15) is 19.8 Å². The quantitative estimate of drug-likeness (QED) is 0.326. The lowest BCUT2D eigenvalue weighted by atomic mass is 9.77. The van der Waals surface area contributed by atoms with Crippen molar-refractivity contribution in [2.75, 3.05) is 5.43 Å². The summed E-state index contributed by atoms with van der Waals surface area (Å²) in [4.78, 5) is 24.1. The third-order valence-corrected chi connectivity index (χ3v) is 5.10. The van der Waals surface area contributed by atoms with E-state index in [0.29, 0.717) is 22.3 Å². The van der Waals surface area contributed by atoms with Gasteiger partial charge in [0.2, 0.25) is 0 Å². The highest BCUT2D eigenvalue weighted by molar-refractivity contribution is 5.97. The first-order valence-corrected chi connectivity index (χ1v) is 8.93. The van der Waals surface area contributed by atoms with Crippen LogP contribution in [0.2, 0.25) is 0 Å². The van der Waals surface area contributed by atoms with Crippen molar-refractivity contribution in [2.24, 2.45) is 5.73 Å². The number of nitrogens with two attached hydrogens (primary N) is 1. The van der Waals surface area contributed by atoms with Gasteiger partial charge < -0.3 is 25.4 Å². The van der Waals surface area contributed by atoms with Gasteiger partial charge in [0.15, 0.2) is 5.60 Å². The average Bonchev–Trinajstić information content (AvgIpc) is 2.99. The summed E-state index contributed by atoms with van der Waals surface area (Å²) < 4.78 is 11.9. The summed E-state index contributed by atoms with van der Waals surface area (Å²) in [5.74, 6) is -0.324. The van der Waals surface area contributed by atoms with Crippen LogP contribution in [0.1, 0.15) is 27.0 Å². The van der Waals surface area contributed by atoms with Crippen molar-refractivity contribution in [3.05, 3.63) is 76.9 Å². The zero-order chi connectivity index (χ0) is 21.0. The molecule has 1 unspecified atom stereocenters. The molecule has 2 aliphatic rings. The molecule has 0 saturated heterocycles. The minimum absolute atomic E-state index is 0.0427. The standard InChI is InChI=1S/C21H15N3O6/c22-20(28)24-23-15-7-11(26)9-17-18(15)21(14-6-5-10(25)8-16(14)29-17)13-4-2-1-3-12(13)19(27)30-21/h1-9,23,25-26H,(H3,22,24,28). The van der Waals surface area contributed by atoms with Crippen molar-refractivity contribution < 1.29 is 29.3 Å². The smallest absolute Gasteiger partial charge is 0.340 e. The number of carbonyl (C=O) groups is 2. The molecule has 9 heteroatoms. The highest BCUT2D eigenvalue weighted by atomic mass is 16.6. The second kappa shape index (κ2) is 6.05. The van der Waals surface area contributed by atoms with Gasteiger partial charge in [-0.15, -0.1) is 0 Å². The third-order valence-electron chi connectivity index (χ3n) is 5.10. The summed E-state index contributed by atoms with van der Waals surface area (Å²) >= 11 is 0. The number of esters is 1. The van der Waals surface area contributed by atoms with Gasteiger partial charge in [0.1, 0.15) is 23.0 Å².